The van der Waals surface area contributed by atoms with Gasteiger partial charge in [0.05, 0.1) is 10.2 Å². The summed E-state index contributed by atoms with van der Waals surface area (Å²) in [5.41, 5.74) is 1.98. The van der Waals surface area contributed by atoms with E-state index in [-0.39, 0.29) is 0 Å². The van der Waals surface area contributed by atoms with Gasteiger partial charge in [-0.3, -0.25) is 4.79 Å². The highest BCUT2D eigenvalue weighted by Gasteiger charge is 2.08. The Bertz CT molecular complexity index is 730. The average Bonchev–Trinajstić information content (AvgIpc) is 3.04. The maximum absolute atomic E-state index is 10.6. The predicted octanol–water partition coefficient (Wildman–Crippen LogP) is 4.48. The van der Waals surface area contributed by atoms with Gasteiger partial charge in [-0.2, -0.15) is 0 Å². The number of aromatic nitrogens is 1. The molecule has 1 aromatic carbocycles. The Hall–Kier alpha value is -1.59. The van der Waals surface area contributed by atoms with Crippen molar-refractivity contribution in [3.63, 3.8) is 0 Å². The second-order valence-electron chi connectivity index (χ2n) is 3.92. The van der Waals surface area contributed by atoms with Gasteiger partial charge < -0.3 is 4.42 Å². The van der Waals surface area contributed by atoms with Crippen LogP contribution in [0, 0.1) is 0 Å². The molecule has 0 amide bonds. The van der Waals surface area contributed by atoms with Crippen molar-refractivity contribution in [1.29, 1.82) is 0 Å². The molecule has 0 saturated heterocycles. The fraction of sp³-hybridized carbons (Fsp3) is 0.143. The van der Waals surface area contributed by atoms with Gasteiger partial charge in [0.1, 0.15) is 5.76 Å². The standard InChI is InChI=1S/C14H11NO2S2/c1-2-18-14-15-11-5-3-9(7-13(11)19-14)12-6-4-10(8-16)17-12/h3-8H,2H2,1H3. The van der Waals surface area contributed by atoms with Gasteiger partial charge in [0.2, 0.25) is 0 Å². The molecule has 2 aromatic heterocycles. The Kier molecular flexibility index (Phi) is 3.40. The summed E-state index contributed by atoms with van der Waals surface area (Å²) in [6.45, 7) is 2.12. The van der Waals surface area contributed by atoms with Crippen LogP contribution >= 0.6 is 23.1 Å². The number of benzene rings is 1. The Morgan fingerprint density at radius 3 is 3.00 bits per heavy atom. The van der Waals surface area contributed by atoms with E-state index in [0.717, 1.165) is 25.9 Å². The number of thioether (sulfide) groups is 1. The lowest BCUT2D eigenvalue weighted by atomic mass is 10.2. The molecule has 0 aliphatic rings. The Morgan fingerprint density at radius 2 is 2.26 bits per heavy atom. The molecule has 5 heteroatoms. The molecule has 0 spiro atoms. The third kappa shape index (κ3) is 2.43. The largest absolute Gasteiger partial charge is 0.453 e. The molecule has 0 N–H and O–H groups in total. The van der Waals surface area contributed by atoms with Crippen molar-refractivity contribution in [2.24, 2.45) is 0 Å². The SMILES string of the molecule is CCSc1nc2ccc(-c3ccc(C=O)o3)cc2s1. The minimum Gasteiger partial charge on any atom is -0.453 e. The fourth-order valence-electron chi connectivity index (χ4n) is 1.81. The lowest BCUT2D eigenvalue weighted by molar-refractivity contribution is 0.110. The van der Waals surface area contributed by atoms with Gasteiger partial charge in [-0.15, -0.1) is 11.3 Å². The Balaban J connectivity index is 2.02. The van der Waals surface area contributed by atoms with Crippen molar-refractivity contribution in [3.8, 4) is 11.3 Å². The summed E-state index contributed by atoms with van der Waals surface area (Å²) in [5.74, 6) is 2.08. The van der Waals surface area contributed by atoms with Crippen molar-refractivity contribution in [1.82, 2.24) is 4.98 Å². The molecule has 3 aromatic rings. The van der Waals surface area contributed by atoms with Gasteiger partial charge in [-0.05, 0) is 36.1 Å². The van der Waals surface area contributed by atoms with Crippen LogP contribution < -0.4 is 0 Å². The van der Waals surface area contributed by atoms with E-state index in [2.05, 4.69) is 18.0 Å². The first-order chi connectivity index (χ1) is 9.30. The summed E-state index contributed by atoms with van der Waals surface area (Å²) in [7, 11) is 0. The minimum absolute atomic E-state index is 0.349. The highest BCUT2D eigenvalue weighted by molar-refractivity contribution is 8.01. The van der Waals surface area contributed by atoms with E-state index in [1.165, 1.54) is 0 Å². The van der Waals surface area contributed by atoms with Gasteiger partial charge in [0, 0.05) is 5.56 Å². The third-order valence-corrected chi connectivity index (χ3v) is 4.71. The summed E-state index contributed by atoms with van der Waals surface area (Å²) < 4.78 is 7.66. The molecule has 19 heavy (non-hydrogen) atoms. The first-order valence-corrected chi connectivity index (χ1v) is 7.69. The van der Waals surface area contributed by atoms with E-state index < -0.39 is 0 Å². The maximum atomic E-state index is 10.6. The molecule has 0 bridgehead atoms. The summed E-state index contributed by atoms with van der Waals surface area (Å²) in [5, 5.41) is 0. The van der Waals surface area contributed by atoms with Gasteiger partial charge in [-0.1, -0.05) is 18.7 Å². The van der Waals surface area contributed by atoms with Gasteiger partial charge >= 0.3 is 0 Å². The van der Waals surface area contributed by atoms with Crippen molar-refractivity contribution in [3.05, 3.63) is 36.1 Å². The van der Waals surface area contributed by atoms with Gasteiger partial charge in [0.25, 0.3) is 0 Å². The molecular weight excluding hydrogens is 278 g/mol. The molecule has 0 atom stereocenters. The Labute approximate surface area is 118 Å². The number of hydrogen-bond acceptors (Lipinski definition) is 5. The molecule has 3 rings (SSSR count). The van der Waals surface area contributed by atoms with Crippen LogP contribution in [0.3, 0.4) is 0 Å². The molecular formula is C14H11NO2S2. The Morgan fingerprint density at radius 1 is 1.37 bits per heavy atom. The van der Waals surface area contributed by atoms with Crippen molar-refractivity contribution >= 4 is 39.6 Å². The van der Waals surface area contributed by atoms with E-state index in [1.807, 2.05) is 18.2 Å². The van der Waals surface area contributed by atoms with Crippen LogP contribution in [-0.2, 0) is 0 Å². The molecule has 96 valence electrons. The third-order valence-electron chi connectivity index (χ3n) is 2.66. The smallest absolute Gasteiger partial charge is 0.185 e. The normalized spacial score (nSPS) is 11.0. The minimum atomic E-state index is 0.349. The van der Waals surface area contributed by atoms with E-state index in [4.69, 9.17) is 4.42 Å². The number of furan rings is 1. The summed E-state index contributed by atoms with van der Waals surface area (Å²) in [6, 6.07) is 9.51. The van der Waals surface area contributed by atoms with Crippen LogP contribution in [0.4, 0.5) is 0 Å². The van der Waals surface area contributed by atoms with Crippen LogP contribution in [0.5, 0.6) is 0 Å². The van der Waals surface area contributed by atoms with Crippen molar-refractivity contribution in [2.45, 2.75) is 11.3 Å². The van der Waals surface area contributed by atoms with Crippen LogP contribution in [-0.4, -0.2) is 17.0 Å². The predicted molar refractivity (Wildman–Crippen MR) is 79.1 cm³/mol. The highest BCUT2D eigenvalue weighted by Crippen LogP contribution is 2.32. The van der Waals surface area contributed by atoms with Crippen LogP contribution in [0.15, 0.2) is 39.1 Å². The number of carbonyl (C=O) groups excluding carboxylic acids is 1. The fourth-order valence-corrected chi connectivity index (χ4v) is 3.82. The number of fused-ring (bicyclic) bond motifs is 1. The molecule has 0 fully saturated rings. The number of nitrogens with zero attached hydrogens (tertiary/aromatic N) is 1. The number of hydrogen-bond donors (Lipinski definition) is 0. The maximum Gasteiger partial charge on any atom is 0.185 e. The quantitative estimate of drug-likeness (QED) is 0.524. The summed E-state index contributed by atoms with van der Waals surface area (Å²) in [4.78, 5) is 15.2. The number of rotatable bonds is 4. The van der Waals surface area contributed by atoms with E-state index in [9.17, 15) is 4.79 Å². The lowest BCUT2D eigenvalue weighted by Gasteiger charge is -1.95. The second-order valence-corrected chi connectivity index (χ2v) is 6.46. The first-order valence-electron chi connectivity index (χ1n) is 5.89. The second kappa shape index (κ2) is 5.19. The number of aldehydes is 1. The molecule has 0 unspecified atom stereocenters. The summed E-state index contributed by atoms with van der Waals surface area (Å²) >= 11 is 3.43. The summed E-state index contributed by atoms with van der Waals surface area (Å²) in [6.07, 6.45) is 0.713. The van der Waals surface area contributed by atoms with Gasteiger partial charge in [-0.25, -0.2) is 4.98 Å². The first kappa shape index (κ1) is 12.4. The zero-order chi connectivity index (χ0) is 13.2. The van der Waals surface area contributed by atoms with Crippen LogP contribution in [0.1, 0.15) is 17.5 Å². The van der Waals surface area contributed by atoms with Crippen LogP contribution in [0.25, 0.3) is 21.5 Å². The van der Waals surface area contributed by atoms with Crippen molar-refractivity contribution in [2.75, 3.05) is 5.75 Å². The van der Waals surface area contributed by atoms with E-state index in [1.54, 1.807) is 29.2 Å². The number of thiazole rings is 1. The molecule has 3 nitrogen and oxygen atoms in total. The average molecular weight is 289 g/mol. The highest BCUT2D eigenvalue weighted by atomic mass is 32.2. The number of carbonyl (C=O) groups is 1. The molecule has 0 saturated carbocycles. The zero-order valence-corrected chi connectivity index (χ0v) is 11.9. The molecule has 0 radical (unpaired) electrons. The van der Waals surface area contributed by atoms with E-state index >= 15 is 0 Å². The lowest BCUT2D eigenvalue weighted by Crippen LogP contribution is -1.74. The van der Waals surface area contributed by atoms with Gasteiger partial charge in [0.15, 0.2) is 16.4 Å². The molecule has 0 aliphatic carbocycles. The van der Waals surface area contributed by atoms with E-state index in [0.29, 0.717) is 17.8 Å². The monoisotopic (exact) mass is 289 g/mol. The zero-order valence-electron chi connectivity index (χ0n) is 10.3. The van der Waals surface area contributed by atoms with Crippen LogP contribution in [0.2, 0.25) is 0 Å². The molecule has 0 aliphatic heterocycles. The van der Waals surface area contributed by atoms with Crippen molar-refractivity contribution < 1.29 is 9.21 Å². The topological polar surface area (TPSA) is 43.1 Å². The molecule has 2 heterocycles.